The summed E-state index contributed by atoms with van der Waals surface area (Å²) in [5, 5.41) is 3.57. The average Bonchev–Trinajstić information content (AvgIpc) is 2.33. The topological polar surface area (TPSA) is 37.4 Å². The van der Waals surface area contributed by atoms with Gasteiger partial charge < -0.3 is 10.1 Å². The Morgan fingerprint density at radius 1 is 1.47 bits per heavy atom. The van der Waals surface area contributed by atoms with Crippen molar-refractivity contribution in [3.8, 4) is 5.75 Å². The Kier molecular flexibility index (Phi) is 4.11. The summed E-state index contributed by atoms with van der Waals surface area (Å²) >= 11 is 0. The monoisotopic (exact) mass is 263 g/mol. The van der Waals surface area contributed by atoms with Crippen molar-refractivity contribution in [1.29, 1.82) is 0 Å². The number of rotatable bonds is 3. The average molecular weight is 263 g/mol. The molecule has 1 unspecified atom stereocenters. The number of hydrogen-bond donors (Lipinski definition) is 1. The Hall–Kier alpha value is -1.13. The molecule has 0 amide bonds. The third kappa shape index (κ3) is 3.67. The summed E-state index contributed by atoms with van der Waals surface area (Å²) in [7, 11) is 1.70. The summed E-state index contributed by atoms with van der Waals surface area (Å²) in [6, 6.07) is 4.53. The van der Waals surface area contributed by atoms with Gasteiger partial charge in [-0.05, 0) is 27.7 Å². The third-order valence-electron chi connectivity index (χ3n) is 3.68. The van der Waals surface area contributed by atoms with Crippen LogP contribution in [0.2, 0.25) is 0 Å². The maximum absolute atomic E-state index is 5.32. The Morgan fingerprint density at radius 2 is 2.21 bits per heavy atom. The van der Waals surface area contributed by atoms with Crippen LogP contribution in [0.5, 0.6) is 5.75 Å². The summed E-state index contributed by atoms with van der Waals surface area (Å²) in [5.74, 6) is 0.893. The number of pyridine rings is 1. The van der Waals surface area contributed by atoms with Crippen molar-refractivity contribution < 1.29 is 4.74 Å². The molecule has 0 aliphatic carbocycles. The molecule has 1 aromatic rings. The van der Waals surface area contributed by atoms with E-state index in [4.69, 9.17) is 4.74 Å². The number of aromatic nitrogens is 1. The van der Waals surface area contributed by atoms with Gasteiger partial charge in [0, 0.05) is 49.0 Å². The predicted molar refractivity (Wildman–Crippen MR) is 77.5 cm³/mol. The molecular weight excluding hydrogens is 238 g/mol. The van der Waals surface area contributed by atoms with E-state index in [0.29, 0.717) is 6.04 Å². The van der Waals surface area contributed by atoms with E-state index in [0.717, 1.165) is 36.8 Å². The minimum absolute atomic E-state index is 0.167. The molecule has 0 saturated carbocycles. The highest BCUT2D eigenvalue weighted by molar-refractivity contribution is 5.26. The van der Waals surface area contributed by atoms with E-state index in [1.807, 2.05) is 19.1 Å². The molecule has 0 radical (unpaired) electrons. The lowest BCUT2D eigenvalue weighted by Gasteiger charge is -2.43. The standard InChI is InChI=1S/C15H25N3O/c1-11-6-14(19-5)7-13(17-11)9-18-10-15(3,4)16-8-12(18)2/h6-7,12,16H,8-10H2,1-5H3. The molecule has 106 valence electrons. The SMILES string of the molecule is COc1cc(C)nc(CN2CC(C)(C)NCC2C)c1. The van der Waals surface area contributed by atoms with Crippen molar-refractivity contribution >= 4 is 0 Å². The van der Waals surface area contributed by atoms with E-state index < -0.39 is 0 Å². The quantitative estimate of drug-likeness (QED) is 0.905. The summed E-state index contributed by atoms with van der Waals surface area (Å²) in [6.07, 6.45) is 0. The second kappa shape index (κ2) is 5.47. The summed E-state index contributed by atoms with van der Waals surface area (Å²) < 4.78 is 5.32. The highest BCUT2D eigenvalue weighted by Gasteiger charge is 2.30. The molecule has 0 spiro atoms. The van der Waals surface area contributed by atoms with Crippen molar-refractivity contribution in [3.05, 3.63) is 23.5 Å². The van der Waals surface area contributed by atoms with Gasteiger partial charge >= 0.3 is 0 Å². The summed E-state index contributed by atoms with van der Waals surface area (Å²) in [4.78, 5) is 7.10. The minimum Gasteiger partial charge on any atom is -0.497 e. The Balaban J connectivity index is 2.13. The van der Waals surface area contributed by atoms with Gasteiger partial charge in [0.25, 0.3) is 0 Å². The van der Waals surface area contributed by atoms with Gasteiger partial charge in [-0.1, -0.05) is 0 Å². The van der Waals surface area contributed by atoms with E-state index in [2.05, 4.69) is 36.0 Å². The van der Waals surface area contributed by atoms with E-state index in [1.165, 1.54) is 0 Å². The smallest absolute Gasteiger partial charge is 0.122 e. The molecule has 1 atom stereocenters. The van der Waals surface area contributed by atoms with E-state index in [-0.39, 0.29) is 5.54 Å². The number of piperazine rings is 1. The molecule has 1 fully saturated rings. The van der Waals surface area contributed by atoms with Crippen LogP contribution in [0.1, 0.15) is 32.2 Å². The maximum atomic E-state index is 5.32. The van der Waals surface area contributed by atoms with Gasteiger partial charge in [-0.2, -0.15) is 0 Å². The molecular formula is C15H25N3O. The molecule has 2 heterocycles. The van der Waals surface area contributed by atoms with Crippen LogP contribution in [0.15, 0.2) is 12.1 Å². The highest BCUT2D eigenvalue weighted by Crippen LogP contribution is 2.19. The highest BCUT2D eigenvalue weighted by atomic mass is 16.5. The van der Waals surface area contributed by atoms with Crippen molar-refractivity contribution in [2.24, 2.45) is 0 Å². The zero-order valence-corrected chi connectivity index (χ0v) is 12.7. The minimum atomic E-state index is 0.167. The van der Waals surface area contributed by atoms with Gasteiger partial charge in [0.1, 0.15) is 5.75 Å². The fraction of sp³-hybridized carbons (Fsp3) is 0.667. The molecule has 1 aromatic heterocycles. The zero-order valence-electron chi connectivity index (χ0n) is 12.7. The molecule has 1 saturated heterocycles. The van der Waals surface area contributed by atoms with Crippen LogP contribution < -0.4 is 10.1 Å². The maximum Gasteiger partial charge on any atom is 0.122 e. The van der Waals surface area contributed by atoms with E-state index in [1.54, 1.807) is 7.11 Å². The summed E-state index contributed by atoms with van der Waals surface area (Å²) in [6.45, 7) is 11.7. The van der Waals surface area contributed by atoms with Crippen LogP contribution in [0, 0.1) is 6.92 Å². The molecule has 19 heavy (non-hydrogen) atoms. The second-order valence-corrected chi connectivity index (χ2v) is 6.16. The van der Waals surface area contributed by atoms with E-state index >= 15 is 0 Å². The first-order valence-electron chi connectivity index (χ1n) is 6.90. The molecule has 1 N–H and O–H groups in total. The zero-order chi connectivity index (χ0) is 14.0. The first-order valence-corrected chi connectivity index (χ1v) is 6.90. The van der Waals surface area contributed by atoms with Crippen LogP contribution in [0.25, 0.3) is 0 Å². The molecule has 1 aliphatic heterocycles. The van der Waals surface area contributed by atoms with Gasteiger partial charge in [0.05, 0.1) is 12.8 Å². The Bertz CT molecular complexity index is 445. The van der Waals surface area contributed by atoms with Gasteiger partial charge in [-0.15, -0.1) is 0 Å². The van der Waals surface area contributed by atoms with Crippen LogP contribution in [0.3, 0.4) is 0 Å². The predicted octanol–water partition coefficient (Wildman–Crippen LogP) is 1.97. The van der Waals surface area contributed by atoms with Crippen molar-refractivity contribution in [3.63, 3.8) is 0 Å². The molecule has 1 aliphatic rings. The van der Waals surface area contributed by atoms with Crippen LogP contribution >= 0.6 is 0 Å². The molecule has 0 aromatic carbocycles. The third-order valence-corrected chi connectivity index (χ3v) is 3.68. The lowest BCUT2D eigenvalue weighted by Crippen LogP contribution is -2.60. The van der Waals surface area contributed by atoms with Crippen LogP contribution in [0.4, 0.5) is 0 Å². The lowest BCUT2D eigenvalue weighted by atomic mass is 9.99. The van der Waals surface area contributed by atoms with Crippen molar-refractivity contribution in [2.45, 2.75) is 45.8 Å². The van der Waals surface area contributed by atoms with Crippen molar-refractivity contribution in [1.82, 2.24) is 15.2 Å². The number of nitrogens with one attached hydrogen (secondary N) is 1. The molecule has 4 heteroatoms. The molecule has 2 rings (SSSR count). The molecule has 0 bridgehead atoms. The largest absolute Gasteiger partial charge is 0.497 e. The lowest BCUT2D eigenvalue weighted by molar-refractivity contribution is 0.0964. The van der Waals surface area contributed by atoms with Gasteiger partial charge in [0.15, 0.2) is 0 Å². The van der Waals surface area contributed by atoms with Gasteiger partial charge in [-0.25, -0.2) is 0 Å². The van der Waals surface area contributed by atoms with Crippen LogP contribution in [-0.4, -0.2) is 41.7 Å². The van der Waals surface area contributed by atoms with Gasteiger partial charge in [-0.3, -0.25) is 9.88 Å². The summed E-state index contributed by atoms with van der Waals surface area (Å²) in [5.41, 5.74) is 2.26. The first-order chi connectivity index (χ1) is 8.89. The Morgan fingerprint density at radius 3 is 2.89 bits per heavy atom. The van der Waals surface area contributed by atoms with E-state index in [9.17, 15) is 0 Å². The number of hydrogen-bond acceptors (Lipinski definition) is 4. The Labute approximate surface area is 116 Å². The first kappa shape index (κ1) is 14.3. The number of nitrogens with zero attached hydrogens (tertiary/aromatic N) is 2. The number of ether oxygens (including phenoxy) is 1. The van der Waals surface area contributed by atoms with Crippen LogP contribution in [-0.2, 0) is 6.54 Å². The number of methoxy groups -OCH3 is 1. The van der Waals surface area contributed by atoms with Gasteiger partial charge in [0.2, 0.25) is 0 Å². The van der Waals surface area contributed by atoms with Crippen molar-refractivity contribution in [2.75, 3.05) is 20.2 Å². The fourth-order valence-electron chi connectivity index (χ4n) is 2.59. The normalized spacial score (nSPS) is 23.3. The molecule has 4 nitrogen and oxygen atoms in total. The number of aryl methyl sites for hydroxylation is 1. The second-order valence-electron chi connectivity index (χ2n) is 6.16. The fourth-order valence-corrected chi connectivity index (χ4v) is 2.59.